The SMILES string of the molecule is CCC1(c2nc3ccc(C#N)cc3[nH]2)CCCC1. The average molecular weight is 239 g/mol. The number of benzene rings is 1. The highest BCUT2D eigenvalue weighted by molar-refractivity contribution is 5.77. The van der Waals surface area contributed by atoms with E-state index >= 15 is 0 Å². The molecule has 1 saturated carbocycles. The van der Waals surface area contributed by atoms with Gasteiger partial charge >= 0.3 is 0 Å². The zero-order valence-electron chi connectivity index (χ0n) is 10.7. The van der Waals surface area contributed by atoms with Crippen LogP contribution in [-0.2, 0) is 5.41 Å². The molecule has 3 nitrogen and oxygen atoms in total. The predicted molar refractivity (Wildman–Crippen MR) is 71.2 cm³/mol. The van der Waals surface area contributed by atoms with Gasteiger partial charge in [0, 0.05) is 5.41 Å². The molecule has 18 heavy (non-hydrogen) atoms. The zero-order valence-corrected chi connectivity index (χ0v) is 10.7. The van der Waals surface area contributed by atoms with Crippen LogP contribution in [0.1, 0.15) is 50.4 Å². The quantitative estimate of drug-likeness (QED) is 0.869. The first-order chi connectivity index (χ1) is 8.77. The molecule has 1 aliphatic rings. The minimum absolute atomic E-state index is 0.242. The summed E-state index contributed by atoms with van der Waals surface area (Å²) in [5, 5.41) is 8.93. The Morgan fingerprint density at radius 3 is 2.83 bits per heavy atom. The fourth-order valence-corrected chi connectivity index (χ4v) is 3.14. The average Bonchev–Trinajstić information content (AvgIpc) is 3.04. The number of imidazole rings is 1. The summed E-state index contributed by atoms with van der Waals surface area (Å²) < 4.78 is 0. The molecule has 1 aliphatic carbocycles. The Morgan fingerprint density at radius 2 is 2.17 bits per heavy atom. The molecule has 0 aliphatic heterocycles. The molecule has 3 heteroatoms. The largest absolute Gasteiger partial charge is 0.341 e. The molecule has 0 spiro atoms. The van der Waals surface area contributed by atoms with Crippen LogP contribution in [0.15, 0.2) is 18.2 Å². The van der Waals surface area contributed by atoms with Crippen molar-refractivity contribution in [3.63, 3.8) is 0 Å². The number of aromatic amines is 1. The Kier molecular flexibility index (Phi) is 2.59. The van der Waals surface area contributed by atoms with E-state index in [1.165, 1.54) is 25.7 Å². The third kappa shape index (κ3) is 1.60. The first kappa shape index (κ1) is 11.3. The van der Waals surface area contributed by atoms with Gasteiger partial charge in [0.15, 0.2) is 0 Å². The Hall–Kier alpha value is -1.82. The van der Waals surface area contributed by atoms with Crippen molar-refractivity contribution in [3.8, 4) is 6.07 Å². The maximum Gasteiger partial charge on any atom is 0.113 e. The van der Waals surface area contributed by atoms with Crippen LogP contribution in [-0.4, -0.2) is 9.97 Å². The molecule has 1 aromatic carbocycles. The van der Waals surface area contributed by atoms with Crippen LogP contribution in [0.4, 0.5) is 0 Å². The molecule has 3 rings (SSSR count). The van der Waals surface area contributed by atoms with E-state index in [1.54, 1.807) is 0 Å². The number of nitrogens with zero attached hydrogens (tertiary/aromatic N) is 2. The molecule has 0 amide bonds. The summed E-state index contributed by atoms with van der Waals surface area (Å²) >= 11 is 0. The summed E-state index contributed by atoms with van der Waals surface area (Å²) in [5.74, 6) is 1.12. The van der Waals surface area contributed by atoms with Crippen molar-refractivity contribution in [1.82, 2.24) is 9.97 Å². The summed E-state index contributed by atoms with van der Waals surface area (Å²) in [5.41, 5.74) is 2.90. The van der Waals surface area contributed by atoms with Gasteiger partial charge < -0.3 is 4.98 Å². The number of rotatable bonds is 2. The Labute approximate surface area is 107 Å². The second kappa shape index (κ2) is 4.13. The van der Waals surface area contributed by atoms with Crippen LogP contribution in [0.25, 0.3) is 11.0 Å². The lowest BCUT2D eigenvalue weighted by molar-refractivity contribution is 0.403. The molecule has 1 N–H and O–H groups in total. The van der Waals surface area contributed by atoms with Crippen LogP contribution in [0.3, 0.4) is 0 Å². The lowest BCUT2D eigenvalue weighted by Gasteiger charge is -2.24. The molecule has 2 aromatic rings. The Balaban J connectivity index is 2.10. The molecule has 0 saturated heterocycles. The molecule has 92 valence electrons. The third-order valence-electron chi connectivity index (χ3n) is 4.35. The molecule has 1 aromatic heterocycles. The van der Waals surface area contributed by atoms with Crippen LogP contribution in [0.5, 0.6) is 0 Å². The van der Waals surface area contributed by atoms with Crippen LogP contribution in [0, 0.1) is 11.3 Å². The van der Waals surface area contributed by atoms with Gasteiger partial charge in [-0.05, 0) is 37.5 Å². The number of H-pyrrole nitrogens is 1. The van der Waals surface area contributed by atoms with Gasteiger partial charge in [-0.25, -0.2) is 4.98 Å². The minimum atomic E-state index is 0.242. The fraction of sp³-hybridized carbons (Fsp3) is 0.467. The number of nitriles is 1. The van der Waals surface area contributed by atoms with Crippen molar-refractivity contribution in [2.45, 2.75) is 44.4 Å². The molecule has 0 unspecified atom stereocenters. The smallest absolute Gasteiger partial charge is 0.113 e. The normalized spacial score (nSPS) is 18.0. The number of hydrogen-bond donors (Lipinski definition) is 1. The molecule has 0 bridgehead atoms. The standard InChI is InChI=1S/C15H17N3/c1-2-15(7-3-4-8-15)14-17-12-6-5-11(10-16)9-13(12)18-14/h5-6,9H,2-4,7-8H2,1H3,(H,17,18). The Bertz CT molecular complexity index is 612. The number of aromatic nitrogens is 2. The van der Waals surface area contributed by atoms with Crippen molar-refractivity contribution >= 4 is 11.0 Å². The lowest BCUT2D eigenvalue weighted by Crippen LogP contribution is -2.22. The molecule has 0 atom stereocenters. The first-order valence-electron chi connectivity index (χ1n) is 6.68. The fourth-order valence-electron chi connectivity index (χ4n) is 3.14. The van der Waals surface area contributed by atoms with E-state index in [4.69, 9.17) is 10.2 Å². The van der Waals surface area contributed by atoms with E-state index in [0.717, 1.165) is 23.3 Å². The van der Waals surface area contributed by atoms with Gasteiger partial charge in [-0.15, -0.1) is 0 Å². The van der Waals surface area contributed by atoms with Gasteiger partial charge in [0.05, 0.1) is 22.7 Å². The topological polar surface area (TPSA) is 52.5 Å². The van der Waals surface area contributed by atoms with Gasteiger partial charge in [0.1, 0.15) is 5.82 Å². The van der Waals surface area contributed by atoms with Gasteiger partial charge in [0.2, 0.25) is 0 Å². The highest BCUT2D eigenvalue weighted by Gasteiger charge is 2.36. The third-order valence-corrected chi connectivity index (χ3v) is 4.35. The summed E-state index contributed by atoms with van der Waals surface area (Å²) in [7, 11) is 0. The van der Waals surface area contributed by atoms with E-state index in [0.29, 0.717) is 5.56 Å². The highest BCUT2D eigenvalue weighted by Crippen LogP contribution is 2.42. The minimum Gasteiger partial charge on any atom is -0.341 e. The predicted octanol–water partition coefficient (Wildman–Crippen LogP) is 3.66. The summed E-state index contributed by atoms with van der Waals surface area (Å²) in [6.07, 6.45) is 6.20. The van der Waals surface area contributed by atoms with E-state index < -0.39 is 0 Å². The van der Waals surface area contributed by atoms with Crippen molar-refractivity contribution in [2.24, 2.45) is 0 Å². The number of hydrogen-bond acceptors (Lipinski definition) is 2. The maximum absolute atomic E-state index is 8.93. The highest BCUT2D eigenvalue weighted by atomic mass is 14.9. The van der Waals surface area contributed by atoms with Gasteiger partial charge in [0.25, 0.3) is 0 Å². The first-order valence-corrected chi connectivity index (χ1v) is 6.68. The van der Waals surface area contributed by atoms with Crippen LogP contribution >= 0.6 is 0 Å². The number of fused-ring (bicyclic) bond motifs is 1. The van der Waals surface area contributed by atoms with E-state index in [9.17, 15) is 0 Å². The van der Waals surface area contributed by atoms with Crippen LogP contribution in [0.2, 0.25) is 0 Å². The monoisotopic (exact) mass is 239 g/mol. The molecule has 0 radical (unpaired) electrons. The molecular weight excluding hydrogens is 222 g/mol. The second-order valence-electron chi connectivity index (χ2n) is 5.27. The van der Waals surface area contributed by atoms with Crippen molar-refractivity contribution in [3.05, 3.63) is 29.6 Å². The van der Waals surface area contributed by atoms with Crippen molar-refractivity contribution in [1.29, 1.82) is 5.26 Å². The van der Waals surface area contributed by atoms with E-state index in [1.807, 2.05) is 18.2 Å². The molecule has 1 heterocycles. The second-order valence-corrected chi connectivity index (χ2v) is 5.27. The summed E-state index contributed by atoms with van der Waals surface area (Å²) in [4.78, 5) is 8.19. The summed E-state index contributed by atoms with van der Waals surface area (Å²) in [6.45, 7) is 2.25. The number of nitrogens with one attached hydrogen (secondary N) is 1. The van der Waals surface area contributed by atoms with Crippen molar-refractivity contribution < 1.29 is 0 Å². The van der Waals surface area contributed by atoms with Gasteiger partial charge in [-0.1, -0.05) is 19.8 Å². The van der Waals surface area contributed by atoms with E-state index in [2.05, 4.69) is 18.0 Å². The molecule has 1 fully saturated rings. The summed E-state index contributed by atoms with van der Waals surface area (Å²) in [6, 6.07) is 7.84. The molecular formula is C15H17N3. The van der Waals surface area contributed by atoms with Gasteiger partial charge in [-0.2, -0.15) is 5.26 Å². The van der Waals surface area contributed by atoms with Crippen LogP contribution < -0.4 is 0 Å². The maximum atomic E-state index is 8.93. The van der Waals surface area contributed by atoms with Gasteiger partial charge in [-0.3, -0.25) is 0 Å². The van der Waals surface area contributed by atoms with E-state index in [-0.39, 0.29) is 5.41 Å². The Morgan fingerprint density at radius 1 is 1.39 bits per heavy atom. The van der Waals surface area contributed by atoms with Crippen molar-refractivity contribution in [2.75, 3.05) is 0 Å². The lowest BCUT2D eigenvalue weighted by atomic mass is 9.83. The zero-order chi connectivity index (χ0) is 12.6.